The van der Waals surface area contributed by atoms with Crippen LogP contribution in [0.2, 0.25) is 0 Å². The van der Waals surface area contributed by atoms with Crippen molar-refractivity contribution < 1.29 is 4.79 Å². The van der Waals surface area contributed by atoms with E-state index in [1.54, 1.807) is 0 Å². The minimum atomic E-state index is 0.156. The number of carbonyl (C=O) groups excluding carboxylic acids is 1. The molecule has 0 saturated carbocycles. The summed E-state index contributed by atoms with van der Waals surface area (Å²) in [5.74, 6) is 0.776. The molecule has 0 radical (unpaired) electrons. The zero-order valence-corrected chi connectivity index (χ0v) is 11.5. The molecule has 2 heterocycles. The first kappa shape index (κ1) is 12.9. The Kier molecular flexibility index (Phi) is 3.81. The predicted octanol–water partition coefficient (Wildman–Crippen LogP) is 2.44. The van der Waals surface area contributed by atoms with Gasteiger partial charge in [-0.3, -0.25) is 9.48 Å². The monoisotopic (exact) mass is 269 g/mol. The van der Waals surface area contributed by atoms with Crippen molar-refractivity contribution in [3.05, 3.63) is 54.4 Å². The molecule has 0 spiro atoms. The number of likely N-dealkylation sites (tertiary alicyclic amines) is 1. The average Bonchev–Trinajstić information content (AvgIpc) is 3.01. The Hall–Kier alpha value is -2.10. The van der Waals surface area contributed by atoms with E-state index in [0.717, 1.165) is 38.0 Å². The molecule has 3 rings (SSSR count). The Morgan fingerprint density at radius 3 is 2.55 bits per heavy atom. The Bertz CT molecular complexity index is 542. The zero-order chi connectivity index (χ0) is 13.8. The first-order valence-corrected chi connectivity index (χ1v) is 7.14. The third-order valence-electron chi connectivity index (χ3n) is 3.93. The highest BCUT2D eigenvalue weighted by Crippen LogP contribution is 2.20. The highest BCUT2D eigenvalue weighted by atomic mass is 16.2. The molecule has 0 N–H and O–H groups in total. The minimum Gasteiger partial charge on any atom is -0.339 e. The first-order chi connectivity index (χ1) is 9.83. The van der Waals surface area contributed by atoms with Gasteiger partial charge in [0.2, 0.25) is 0 Å². The molecule has 4 nitrogen and oxygen atoms in total. The summed E-state index contributed by atoms with van der Waals surface area (Å²) in [6.45, 7) is 2.65. The lowest BCUT2D eigenvalue weighted by atomic mass is 9.96. The normalized spacial score (nSPS) is 16.3. The SMILES string of the molecule is O=C(c1ccccc1)N1CCC(Cn2cccn2)CC1. The molecule has 4 heteroatoms. The summed E-state index contributed by atoms with van der Waals surface area (Å²) in [5, 5.41) is 4.25. The van der Waals surface area contributed by atoms with Gasteiger partial charge in [0.25, 0.3) is 5.91 Å². The summed E-state index contributed by atoms with van der Waals surface area (Å²) in [6, 6.07) is 11.5. The highest BCUT2D eigenvalue weighted by molar-refractivity contribution is 5.94. The molecule has 0 unspecified atom stereocenters. The molecule has 104 valence electrons. The Morgan fingerprint density at radius 1 is 1.15 bits per heavy atom. The molecule has 20 heavy (non-hydrogen) atoms. The molecule has 1 aromatic carbocycles. The summed E-state index contributed by atoms with van der Waals surface area (Å²) in [4.78, 5) is 14.3. The van der Waals surface area contributed by atoms with Crippen LogP contribution in [0.3, 0.4) is 0 Å². The van der Waals surface area contributed by atoms with Gasteiger partial charge in [-0.1, -0.05) is 18.2 Å². The maximum absolute atomic E-state index is 12.3. The number of aromatic nitrogens is 2. The molecule has 2 aromatic rings. The Labute approximate surface area is 119 Å². The standard InChI is InChI=1S/C16H19N3O/c20-16(15-5-2-1-3-6-15)18-11-7-14(8-12-18)13-19-10-4-9-17-19/h1-6,9-10,14H,7-8,11-13H2. The number of carbonyl (C=O) groups is 1. The van der Waals surface area contributed by atoms with Crippen molar-refractivity contribution in [2.45, 2.75) is 19.4 Å². The van der Waals surface area contributed by atoms with Gasteiger partial charge in [0.05, 0.1) is 0 Å². The topological polar surface area (TPSA) is 38.1 Å². The molecule has 0 atom stereocenters. The van der Waals surface area contributed by atoms with Crippen LogP contribution in [0.5, 0.6) is 0 Å². The van der Waals surface area contributed by atoms with Gasteiger partial charge in [0.15, 0.2) is 0 Å². The van der Waals surface area contributed by atoms with E-state index in [1.165, 1.54) is 0 Å². The Balaban J connectivity index is 1.55. The fraction of sp³-hybridized carbons (Fsp3) is 0.375. The van der Waals surface area contributed by atoms with Gasteiger partial charge in [-0.25, -0.2) is 0 Å². The van der Waals surface area contributed by atoms with E-state index in [1.807, 2.05) is 58.4 Å². The van der Waals surface area contributed by atoms with E-state index in [4.69, 9.17) is 0 Å². The van der Waals surface area contributed by atoms with E-state index in [-0.39, 0.29) is 5.91 Å². The van der Waals surface area contributed by atoms with Crippen LogP contribution in [-0.4, -0.2) is 33.7 Å². The third-order valence-corrected chi connectivity index (χ3v) is 3.93. The summed E-state index contributed by atoms with van der Waals surface area (Å²) in [7, 11) is 0. The number of benzene rings is 1. The lowest BCUT2D eigenvalue weighted by Crippen LogP contribution is -2.39. The minimum absolute atomic E-state index is 0.156. The average molecular weight is 269 g/mol. The summed E-state index contributed by atoms with van der Waals surface area (Å²) in [5.41, 5.74) is 0.790. The lowest BCUT2D eigenvalue weighted by molar-refractivity contribution is 0.0681. The van der Waals surface area contributed by atoms with Crippen LogP contribution in [-0.2, 0) is 6.54 Å². The molecule has 1 aromatic heterocycles. The van der Waals surface area contributed by atoms with Crippen LogP contribution < -0.4 is 0 Å². The second kappa shape index (κ2) is 5.90. The van der Waals surface area contributed by atoms with Crippen LogP contribution in [0, 0.1) is 5.92 Å². The summed E-state index contributed by atoms with van der Waals surface area (Å²) < 4.78 is 1.99. The van der Waals surface area contributed by atoms with Gasteiger partial charge < -0.3 is 4.90 Å². The molecule has 1 saturated heterocycles. The summed E-state index contributed by atoms with van der Waals surface area (Å²) in [6.07, 6.45) is 5.92. The maximum Gasteiger partial charge on any atom is 0.253 e. The van der Waals surface area contributed by atoms with Crippen molar-refractivity contribution in [2.75, 3.05) is 13.1 Å². The second-order valence-corrected chi connectivity index (χ2v) is 5.33. The number of nitrogens with zero attached hydrogens (tertiary/aromatic N) is 3. The second-order valence-electron chi connectivity index (χ2n) is 5.33. The fourth-order valence-corrected chi connectivity index (χ4v) is 2.75. The van der Waals surface area contributed by atoms with E-state index in [2.05, 4.69) is 5.10 Å². The van der Waals surface area contributed by atoms with E-state index >= 15 is 0 Å². The van der Waals surface area contributed by atoms with E-state index in [0.29, 0.717) is 5.92 Å². The molecular formula is C16H19N3O. The highest BCUT2D eigenvalue weighted by Gasteiger charge is 2.23. The number of rotatable bonds is 3. The molecule has 1 aliphatic rings. The van der Waals surface area contributed by atoms with Crippen LogP contribution in [0.4, 0.5) is 0 Å². The van der Waals surface area contributed by atoms with Crippen molar-refractivity contribution in [3.63, 3.8) is 0 Å². The third kappa shape index (κ3) is 2.90. The van der Waals surface area contributed by atoms with Crippen molar-refractivity contribution in [2.24, 2.45) is 5.92 Å². The van der Waals surface area contributed by atoms with Gasteiger partial charge in [-0.2, -0.15) is 5.10 Å². The molecule has 1 fully saturated rings. The lowest BCUT2D eigenvalue weighted by Gasteiger charge is -2.32. The maximum atomic E-state index is 12.3. The van der Waals surface area contributed by atoms with E-state index < -0.39 is 0 Å². The van der Waals surface area contributed by atoms with Crippen LogP contribution in [0.25, 0.3) is 0 Å². The first-order valence-electron chi connectivity index (χ1n) is 7.14. The quantitative estimate of drug-likeness (QED) is 0.858. The van der Waals surface area contributed by atoms with Crippen molar-refractivity contribution in [3.8, 4) is 0 Å². The molecule has 0 aliphatic carbocycles. The number of piperidine rings is 1. The molecule has 1 amide bonds. The molecular weight excluding hydrogens is 250 g/mol. The van der Waals surface area contributed by atoms with Gasteiger partial charge in [-0.15, -0.1) is 0 Å². The van der Waals surface area contributed by atoms with Crippen LogP contribution in [0.1, 0.15) is 23.2 Å². The predicted molar refractivity (Wildman–Crippen MR) is 77.3 cm³/mol. The number of hydrogen-bond donors (Lipinski definition) is 0. The zero-order valence-electron chi connectivity index (χ0n) is 11.5. The van der Waals surface area contributed by atoms with E-state index in [9.17, 15) is 4.79 Å². The van der Waals surface area contributed by atoms with Crippen molar-refractivity contribution >= 4 is 5.91 Å². The largest absolute Gasteiger partial charge is 0.339 e. The van der Waals surface area contributed by atoms with Crippen LogP contribution in [0.15, 0.2) is 48.8 Å². The van der Waals surface area contributed by atoms with Gasteiger partial charge >= 0.3 is 0 Å². The van der Waals surface area contributed by atoms with Gasteiger partial charge in [0, 0.05) is 37.6 Å². The number of hydrogen-bond acceptors (Lipinski definition) is 2. The van der Waals surface area contributed by atoms with Gasteiger partial charge in [0.1, 0.15) is 0 Å². The van der Waals surface area contributed by atoms with Crippen molar-refractivity contribution in [1.82, 2.24) is 14.7 Å². The smallest absolute Gasteiger partial charge is 0.253 e. The molecule has 0 bridgehead atoms. The van der Waals surface area contributed by atoms with Gasteiger partial charge in [-0.05, 0) is 37.0 Å². The van der Waals surface area contributed by atoms with Crippen molar-refractivity contribution in [1.29, 1.82) is 0 Å². The fourth-order valence-electron chi connectivity index (χ4n) is 2.75. The van der Waals surface area contributed by atoms with Crippen LogP contribution >= 0.6 is 0 Å². The number of amides is 1. The summed E-state index contributed by atoms with van der Waals surface area (Å²) >= 11 is 0. The Morgan fingerprint density at radius 2 is 1.90 bits per heavy atom. The molecule has 1 aliphatic heterocycles.